The van der Waals surface area contributed by atoms with Crippen LogP contribution in [-0.4, -0.2) is 97.6 Å². The zero-order valence-corrected chi connectivity index (χ0v) is 26.0. The summed E-state index contributed by atoms with van der Waals surface area (Å²) < 4.78 is 37.9. The molecule has 15 nitrogen and oxygen atoms in total. The number of carbonyl (C=O) groups excluding carboxylic acids is 5. The van der Waals surface area contributed by atoms with Crippen molar-refractivity contribution < 1.29 is 67.0 Å². The molecule has 2 N–H and O–H groups in total. The first kappa shape index (κ1) is 34.8. The average Bonchev–Trinajstić information content (AvgIpc) is 3.32. The van der Waals surface area contributed by atoms with Crippen molar-refractivity contribution in [3.8, 4) is 11.1 Å². The molecule has 1 aliphatic heterocycles. The summed E-state index contributed by atoms with van der Waals surface area (Å²) >= 11 is 0. The van der Waals surface area contributed by atoms with Crippen LogP contribution in [0.1, 0.15) is 44.7 Å². The lowest BCUT2D eigenvalue weighted by molar-refractivity contribution is -0.308. The van der Waals surface area contributed by atoms with Crippen molar-refractivity contribution in [3.63, 3.8) is 0 Å². The zero-order valence-electron chi connectivity index (χ0n) is 26.0. The largest absolute Gasteiger partial charge is 0.480 e. The number of aliphatic carboxylic acids is 1. The number of esters is 4. The van der Waals surface area contributed by atoms with Crippen LogP contribution >= 0.6 is 0 Å². The van der Waals surface area contributed by atoms with Crippen LogP contribution in [0.15, 0.2) is 48.5 Å². The first-order chi connectivity index (χ1) is 22.3. The van der Waals surface area contributed by atoms with E-state index in [2.05, 4.69) is 5.32 Å². The summed E-state index contributed by atoms with van der Waals surface area (Å²) in [5, 5.41) is 12.1. The van der Waals surface area contributed by atoms with Gasteiger partial charge >= 0.3 is 35.9 Å². The predicted molar refractivity (Wildman–Crippen MR) is 158 cm³/mol. The summed E-state index contributed by atoms with van der Waals surface area (Å²) in [6, 6.07) is 13.7. The maximum Gasteiger partial charge on any atom is 0.407 e. The van der Waals surface area contributed by atoms with Gasteiger partial charge in [-0.15, -0.1) is 0 Å². The number of carboxylic acid groups (broad SMARTS) is 1. The molecule has 0 bridgehead atoms. The standard InChI is InChI=1S/C32H35NO14/c1-16(34)41-15-26-27(44-17(2)35)28(45-18(3)36)29(46-19(4)37)31(47-26)42-14-25(30(38)39)33-32(40)43-13-24-22-11-7-5-9-20(22)21-10-6-8-12-23(21)24/h5-12,24-29,31H,13-15H2,1-4H3,(H,33,40)(H,38,39)/t25-,26-,27+,28+,29-,31+/m0/s1. The fourth-order valence-electron chi connectivity index (χ4n) is 5.47. The SMILES string of the molecule is CC(=O)OC[C@@H]1O[C@@H](OC[C@H](NC(=O)OCC2c3ccccc3-c3ccccc32)C(=O)O)[C@@H](OC(C)=O)[C@H](OC(C)=O)[C@@H]1OC(C)=O. The van der Waals surface area contributed by atoms with Gasteiger partial charge in [-0.3, -0.25) is 19.2 Å². The second-order valence-electron chi connectivity index (χ2n) is 10.8. The van der Waals surface area contributed by atoms with E-state index in [-0.39, 0.29) is 12.5 Å². The number of rotatable bonds is 12. The highest BCUT2D eigenvalue weighted by atomic mass is 16.7. The number of carboxylic acids is 1. The molecule has 252 valence electrons. The topological polar surface area (TPSA) is 199 Å². The van der Waals surface area contributed by atoms with E-state index < -0.39 is 85.9 Å². The Kier molecular flexibility index (Phi) is 11.5. The molecule has 1 amide bonds. The molecule has 2 aromatic rings. The summed E-state index contributed by atoms with van der Waals surface area (Å²) in [7, 11) is 0. The molecule has 1 saturated heterocycles. The maximum absolute atomic E-state index is 12.8. The van der Waals surface area contributed by atoms with Crippen molar-refractivity contribution in [3.05, 3.63) is 59.7 Å². The molecule has 2 aromatic carbocycles. The molecule has 4 rings (SSSR count). The minimum absolute atomic E-state index is 0.0766. The van der Waals surface area contributed by atoms with Gasteiger partial charge in [-0.1, -0.05) is 48.5 Å². The van der Waals surface area contributed by atoms with E-state index in [1.807, 2.05) is 48.5 Å². The lowest BCUT2D eigenvalue weighted by Crippen LogP contribution is -2.63. The van der Waals surface area contributed by atoms with E-state index in [9.17, 15) is 33.9 Å². The maximum atomic E-state index is 12.8. The Morgan fingerprint density at radius 1 is 0.723 bits per heavy atom. The number of hydrogen-bond donors (Lipinski definition) is 2. The molecule has 6 atom stereocenters. The summed E-state index contributed by atoms with van der Waals surface area (Å²) in [5.74, 6) is -5.01. The highest BCUT2D eigenvalue weighted by Gasteiger charge is 2.53. The van der Waals surface area contributed by atoms with E-state index in [1.165, 1.54) is 0 Å². The van der Waals surface area contributed by atoms with Crippen molar-refractivity contribution in [2.75, 3.05) is 19.8 Å². The smallest absolute Gasteiger partial charge is 0.407 e. The van der Waals surface area contributed by atoms with Gasteiger partial charge in [0.05, 0.1) is 6.61 Å². The zero-order chi connectivity index (χ0) is 34.2. The Bertz CT molecular complexity index is 1460. The molecule has 0 spiro atoms. The number of amides is 1. The molecule has 15 heteroatoms. The summed E-state index contributed by atoms with van der Waals surface area (Å²) in [6.07, 6.45) is -8.49. The van der Waals surface area contributed by atoms with E-state index in [0.717, 1.165) is 49.9 Å². The molecule has 47 heavy (non-hydrogen) atoms. The second-order valence-corrected chi connectivity index (χ2v) is 10.8. The van der Waals surface area contributed by atoms with Crippen molar-refractivity contribution in [2.45, 2.75) is 70.4 Å². The van der Waals surface area contributed by atoms with Gasteiger partial charge in [-0.25, -0.2) is 9.59 Å². The predicted octanol–water partition coefficient (Wildman–Crippen LogP) is 2.08. The van der Waals surface area contributed by atoms with Gasteiger partial charge in [-0.2, -0.15) is 0 Å². The number of ether oxygens (including phenoxy) is 7. The highest BCUT2D eigenvalue weighted by Crippen LogP contribution is 2.44. The fraction of sp³-hybridized carbons (Fsp3) is 0.438. The lowest BCUT2D eigenvalue weighted by Gasteiger charge is -2.44. The Labute approximate surface area is 269 Å². The number of fused-ring (bicyclic) bond motifs is 3. The van der Waals surface area contributed by atoms with Crippen molar-refractivity contribution in [1.29, 1.82) is 0 Å². The van der Waals surface area contributed by atoms with E-state index >= 15 is 0 Å². The number of nitrogens with one attached hydrogen (secondary N) is 1. The number of benzene rings is 2. The quantitative estimate of drug-likeness (QED) is 0.248. The van der Waals surface area contributed by atoms with Gasteiger partial charge in [0, 0.05) is 33.6 Å². The van der Waals surface area contributed by atoms with Gasteiger partial charge in [0.2, 0.25) is 0 Å². The molecular formula is C32H35NO14. The Balaban J connectivity index is 1.48. The summed E-state index contributed by atoms with van der Waals surface area (Å²) in [4.78, 5) is 72.4. The number of carbonyl (C=O) groups is 6. The molecule has 0 saturated carbocycles. The van der Waals surface area contributed by atoms with Crippen LogP contribution in [0, 0.1) is 0 Å². The van der Waals surface area contributed by atoms with Crippen LogP contribution in [0.4, 0.5) is 4.79 Å². The van der Waals surface area contributed by atoms with Gasteiger partial charge in [0.15, 0.2) is 30.6 Å². The van der Waals surface area contributed by atoms with Crippen molar-refractivity contribution in [1.82, 2.24) is 5.32 Å². The normalized spacial score (nSPS) is 22.1. The minimum atomic E-state index is -1.68. The number of alkyl carbamates (subject to hydrolysis) is 1. The molecule has 2 aliphatic rings. The Morgan fingerprint density at radius 3 is 1.79 bits per heavy atom. The van der Waals surface area contributed by atoms with E-state index in [4.69, 9.17) is 33.2 Å². The molecule has 1 fully saturated rings. The van der Waals surface area contributed by atoms with Crippen LogP contribution in [-0.2, 0) is 57.1 Å². The van der Waals surface area contributed by atoms with E-state index in [1.54, 1.807) is 0 Å². The average molecular weight is 658 g/mol. The molecule has 1 heterocycles. The fourth-order valence-corrected chi connectivity index (χ4v) is 5.47. The third-order valence-electron chi connectivity index (χ3n) is 7.31. The molecular weight excluding hydrogens is 622 g/mol. The number of hydrogen-bond acceptors (Lipinski definition) is 13. The first-order valence-corrected chi connectivity index (χ1v) is 14.6. The Morgan fingerprint density at radius 2 is 1.26 bits per heavy atom. The molecule has 0 unspecified atom stereocenters. The first-order valence-electron chi connectivity index (χ1n) is 14.6. The molecule has 0 aromatic heterocycles. The van der Waals surface area contributed by atoms with Gasteiger partial charge in [0.1, 0.15) is 19.3 Å². The monoisotopic (exact) mass is 657 g/mol. The van der Waals surface area contributed by atoms with Gasteiger partial charge in [-0.05, 0) is 22.3 Å². The third-order valence-corrected chi connectivity index (χ3v) is 7.31. The minimum Gasteiger partial charge on any atom is -0.480 e. The second kappa shape index (κ2) is 15.5. The van der Waals surface area contributed by atoms with Crippen LogP contribution in [0.2, 0.25) is 0 Å². The van der Waals surface area contributed by atoms with Gasteiger partial charge < -0.3 is 43.6 Å². The third kappa shape index (κ3) is 8.83. The van der Waals surface area contributed by atoms with Crippen LogP contribution in [0.5, 0.6) is 0 Å². The van der Waals surface area contributed by atoms with Crippen LogP contribution in [0.3, 0.4) is 0 Å². The van der Waals surface area contributed by atoms with Crippen molar-refractivity contribution >= 4 is 35.9 Å². The lowest BCUT2D eigenvalue weighted by atomic mass is 9.98. The van der Waals surface area contributed by atoms with Crippen molar-refractivity contribution in [2.24, 2.45) is 0 Å². The summed E-state index contributed by atoms with van der Waals surface area (Å²) in [5.41, 5.74) is 3.95. The Hall–Kier alpha value is -5.02. The van der Waals surface area contributed by atoms with Crippen LogP contribution < -0.4 is 5.32 Å². The summed E-state index contributed by atoms with van der Waals surface area (Å²) in [6.45, 7) is 2.98. The van der Waals surface area contributed by atoms with Crippen LogP contribution in [0.25, 0.3) is 11.1 Å². The molecule has 0 radical (unpaired) electrons. The highest BCUT2D eigenvalue weighted by molar-refractivity contribution is 5.81. The molecule has 1 aliphatic carbocycles. The van der Waals surface area contributed by atoms with Gasteiger partial charge in [0.25, 0.3) is 0 Å². The van der Waals surface area contributed by atoms with E-state index in [0.29, 0.717) is 0 Å².